The second kappa shape index (κ2) is 7.58. The highest BCUT2D eigenvalue weighted by Gasteiger charge is 2.18. The summed E-state index contributed by atoms with van der Waals surface area (Å²) in [5, 5.41) is 11.0. The van der Waals surface area contributed by atoms with Crippen LogP contribution < -0.4 is 16.0 Å². The van der Waals surface area contributed by atoms with Gasteiger partial charge in [-0.15, -0.1) is 0 Å². The number of hydrogen-bond acceptors (Lipinski definition) is 5. The van der Waals surface area contributed by atoms with Crippen molar-refractivity contribution in [3.8, 4) is 5.75 Å². The number of aromatic nitrogens is 2. The van der Waals surface area contributed by atoms with E-state index in [1.807, 2.05) is 11.9 Å². The number of aromatic amines is 2. The van der Waals surface area contributed by atoms with Crippen molar-refractivity contribution in [2.45, 2.75) is 6.92 Å². The molecular weight excluding hydrogens is 450 g/mol. The van der Waals surface area contributed by atoms with E-state index in [0.29, 0.717) is 26.9 Å². The van der Waals surface area contributed by atoms with Crippen molar-refractivity contribution in [2.75, 3.05) is 6.61 Å². The molecule has 0 fully saturated rings. The van der Waals surface area contributed by atoms with Crippen molar-refractivity contribution in [3.63, 3.8) is 0 Å². The molecule has 0 saturated carbocycles. The lowest BCUT2D eigenvalue weighted by molar-refractivity contribution is -0.386. The first-order valence-electron chi connectivity index (χ1n) is 6.64. The Morgan fingerprint density at radius 3 is 2.38 bits per heavy atom. The number of benzene rings is 1. The highest BCUT2D eigenvalue weighted by molar-refractivity contribution is 9.11. The van der Waals surface area contributed by atoms with Crippen LogP contribution in [0.5, 0.6) is 5.75 Å². The van der Waals surface area contributed by atoms with Gasteiger partial charge < -0.3 is 9.72 Å². The van der Waals surface area contributed by atoms with Gasteiger partial charge in [-0.1, -0.05) is 6.08 Å². The lowest BCUT2D eigenvalue weighted by atomic mass is 10.2. The fraction of sp³-hybridized carbons (Fsp3) is 0.143. The maximum Gasteiger partial charge on any atom is 0.357 e. The molecule has 0 amide bonds. The minimum Gasteiger partial charge on any atom is -0.492 e. The van der Waals surface area contributed by atoms with Crippen LogP contribution in [-0.4, -0.2) is 21.5 Å². The lowest BCUT2D eigenvalue weighted by Crippen LogP contribution is -2.25. The van der Waals surface area contributed by atoms with Crippen molar-refractivity contribution >= 4 is 49.7 Å². The number of nitrogens with zero attached hydrogens (tertiary/aromatic N) is 1. The van der Waals surface area contributed by atoms with Crippen molar-refractivity contribution < 1.29 is 9.66 Å². The number of hydrogen-bond donors (Lipinski definition) is 2. The molecule has 0 spiro atoms. The molecule has 0 atom stereocenters. The Morgan fingerprint density at radius 1 is 1.21 bits per heavy atom. The van der Waals surface area contributed by atoms with Gasteiger partial charge in [0.25, 0.3) is 0 Å². The Kier molecular flexibility index (Phi) is 5.73. The van der Waals surface area contributed by atoms with E-state index in [4.69, 9.17) is 4.74 Å². The Bertz CT molecular complexity index is 910. The molecule has 1 aromatic heterocycles. The van der Waals surface area contributed by atoms with Crippen LogP contribution in [0.2, 0.25) is 0 Å². The summed E-state index contributed by atoms with van der Waals surface area (Å²) in [5.74, 6) is 0.630. The average molecular weight is 461 g/mol. The van der Waals surface area contributed by atoms with Gasteiger partial charge in [0.15, 0.2) is 0 Å². The minimum absolute atomic E-state index is 0.185. The first-order valence-corrected chi connectivity index (χ1v) is 8.23. The third kappa shape index (κ3) is 4.01. The molecule has 0 bridgehead atoms. The largest absolute Gasteiger partial charge is 0.492 e. The molecule has 2 rings (SSSR count). The van der Waals surface area contributed by atoms with E-state index in [0.717, 1.165) is 0 Å². The Labute approximate surface area is 152 Å². The highest BCUT2D eigenvalue weighted by Crippen LogP contribution is 2.35. The third-order valence-corrected chi connectivity index (χ3v) is 4.06. The zero-order valence-electron chi connectivity index (χ0n) is 12.3. The molecule has 0 radical (unpaired) electrons. The molecule has 10 heteroatoms. The second-order valence-corrected chi connectivity index (χ2v) is 6.22. The van der Waals surface area contributed by atoms with Gasteiger partial charge in [-0.2, -0.15) is 0 Å². The van der Waals surface area contributed by atoms with Crippen molar-refractivity contribution in [2.24, 2.45) is 0 Å². The molecule has 0 unspecified atom stereocenters. The summed E-state index contributed by atoms with van der Waals surface area (Å²) >= 11 is 6.75. The monoisotopic (exact) mass is 459 g/mol. The standard InChI is InChI=1S/C14H11Br2N3O5/c1-2-24-12-8(15)5-7(6-9(12)16)3-4-10-11(19(22)23)13(20)18-14(21)17-10/h3-6H,2H2,1H3,(H2,17,18,20,21). The van der Waals surface area contributed by atoms with Crippen LogP contribution in [-0.2, 0) is 0 Å². The Balaban J connectivity index is 2.48. The summed E-state index contributed by atoms with van der Waals surface area (Å²) in [4.78, 5) is 37.1. The predicted octanol–water partition coefficient (Wildman–Crippen LogP) is 3.07. The van der Waals surface area contributed by atoms with Gasteiger partial charge in [-0.3, -0.25) is 19.9 Å². The molecule has 24 heavy (non-hydrogen) atoms. The summed E-state index contributed by atoms with van der Waals surface area (Å²) in [6.45, 7) is 2.35. The molecular formula is C14H11Br2N3O5. The van der Waals surface area contributed by atoms with E-state index in [1.165, 1.54) is 12.2 Å². The van der Waals surface area contributed by atoms with E-state index in [2.05, 4.69) is 36.8 Å². The van der Waals surface area contributed by atoms with Crippen LogP contribution in [0.1, 0.15) is 18.2 Å². The molecule has 126 valence electrons. The molecule has 1 heterocycles. The van der Waals surface area contributed by atoms with Gasteiger partial charge in [-0.05, 0) is 62.6 Å². The van der Waals surface area contributed by atoms with Gasteiger partial charge in [-0.25, -0.2) is 4.79 Å². The maximum absolute atomic E-state index is 11.6. The minimum atomic E-state index is -1.06. The molecule has 2 aromatic rings. The summed E-state index contributed by atoms with van der Waals surface area (Å²) in [6, 6.07) is 3.48. The summed E-state index contributed by atoms with van der Waals surface area (Å²) in [7, 11) is 0. The lowest BCUT2D eigenvalue weighted by Gasteiger charge is -2.09. The van der Waals surface area contributed by atoms with Crippen molar-refractivity contribution in [1.29, 1.82) is 0 Å². The van der Waals surface area contributed by atoms with Gasteiger partial charge in [0, 0.05) is 0 Å². The molecule has 0 aliphatic carbocycles. The summed E-state index contributed by atoms with van der Waals surface area (Å²) in [5.41, 5.74) is -2.12. The number of H-pyrrole nitrogens is 2. The highest BCUT2D eigenvalue weighted by atomic mass is 79.9. The number of halogens is 2. The fourth-order valence-electron chi connectivity index (χ4n) is 1.94. The smallest absolute Gasteiger partial charge is 0.357 e. The van der Waals surface area contributed by atoms with Crippen molar-refractivity contribution in [3.05, 3.63) is 63.3 Å². The Morgan fingerprint density at radius 2 is 1.83 bits per heavy atom. The third-order valence-electron chi connectivity index (χ3n) is 2.88. The van der Waals surface area contributed by atoms with Crippen molar-refractivity contribution in [1.82, 2.24) is 9.97 Å². The maximum atomic E-state index is 11.6. The normalized spacial score (nSPS) is 11.0. The zero-order chi connectivity index (χ0) is 17.9. The van der Waals surface area contributed by atoms with E-state index < -0.39 is 21.9 Å². The first kappa shape index (κ1) is 18.1. The predicted molar refractivity (Wildman–Crippen MR) is 96.3 cm³/mol. The quantitative estimate of drug-likeness (QED) is 0.525. The fourth-order valence-corrected chi connectivity index (χ4v) is 3.39. The molecule has 0 saturated heterocycles. The molecule has 0 aliphatic rings. The van der Waals surface area contributed by atoms with Crippen LogP contribution in [0.15, 0.2) is 30.7 Å². The second-order valence-electron chi connectivity index (χ2n) is 4.51. The topological polar surface area (TPSA) is 118 Å². The number of rotatable bonds is 5. The van der Waals surface area contributed by atoms with Crippen LogP contribution in [0.3, 0.4) is 0 Å². The van der Waals surface area contributed by atoms with Crippen LogP contribution >= 0.6 is 31.9 Å². The average Bonchev–Trinajstić information content (AvgIpc) is 2.47. The number of nitrogens with one attached hydrogen (secondary N) is 2. The van der Waals surface area contributed by atoms with Gasteiger partial charge >= 0.3 is 16.9 Å². The molecule has 1 aromatic carbocycles. The Hall–Kier alpha value is -2.20. The SMILES string of the molecule is CCOc1c(Br)cc(C=Cc2[nH]c(=O)[nH]c(=O)c2[N+](=O)[O-])cc1Br. The molecule has 8 nitrogen and oxygen atoms in total. The number of nitro groups is 1. The number of ether oxygens (including phenoxy) is 1. The zero-order valence-corrected chi connectivity index (χ0v) is 15.4. The van der Waals surface area contributed by atoms with E-state index >= 15 is 0 Å². The van der Waals surface area contributed by atoms with Gasteiger partial charge in [0.2, 0.25) is 0 Å². The first-order chi connectivity index (χ1) is 11.3. The summed E-state index contributed by atoms with van der Waals surface area (Å²) in [6.07, 6.45) is 2.83. The summed E-state index contributed by atoms with van der Waals surface area (Å²) < 4.78 is 6.84. The molecule has 0 aliphatic heterocycles. The van der Waals surface area contributed by atoms with Gasteiger partial charge in [0.1, 0.15) is 11.4 Å². The van der Waals surface area contributed by atoms with Gasteiger partial charge in [0.05, 0.1) is 20.5 Å². The van der Waals surface area contributed by atoms with Crippen LogP contribution in [0.25, 0.3) is 12.2 Å². The van der Waals surface area contributed by atoms with Crippen LogP contribution in [0.4, 0.5) is 5.69 Å². The van der Waals surface area contributed by atoms with Crippen LogP contribution in [0, 0.1) is 10.1 Å². The van der Waals surface area contributed by atoms with E-state index in [1.54, 1.807) is 12.1 Å². The van der Waals surface area contributed by atoms with E-state index in [-0.39, 0.29) is 5.69 Å². The van der Waals surface area contributed by atoms with E-state index in [9.17, 15) is 19.7 Å². The molecule has 2 N–H and O–H groups in total.